The monoisotopic (exact) mass is 410 g/mol. The van der Waals surface area contributed by atoms with Crippen LogP contribution in [0.1, 0.15) is 32.1 Å². The van der Waals surface area contributed by atoms with Crippen molar-refractivity contribution < 1.29 is 8.42 Å². The van der Waals surface area contributed by atoms with Gasteiger partial charge in [0.25, 0.3) is 0 Å². The van der Waals surface area contributed by atoms with Gasteiger partial charge in [-0.1, -0.05) is 19.3 Å². The largest absolute Gasteiger partial charge is 0.399 e. The first-order chi connectivity index (χ1) is 8.90. The van der Waals surface area contributed by atoms with E-state index < -0.39 is 10.0 Å². The lowest BCUT2D eigenvalue weighted by Gasteiger charge is -2.23. The van der Waals surface area contributed by atoms with E-state index in [0.717, 1.165) is 25.7 Å². The van der Waals surface area contributed by atoms with Gasteiger partial charge in [-0.05, 0) is 56.8 Å². The van der Waals surface area contributed by atoms with Crippen molar-refractivity contribution in [2.45, 2.75) is 43.0 Å². The molecule has 2 rings (SSSR count). The van der Waals surface area contributed by atoms with Gasteiger partial charge < -0.3 is 5.73 Å². The number of nitrogens with one attached hydrogen (secondary N) is 1. The van der Waals surface area contributed by atoms with Gasteiger partial charge in [0.15, 0.2) is 0 Å². The number of anilines is 1. The molecule has 1 aromatic carbocycles. The lowest BCUT2D eigenvalue weighted by atomic mass is 9.96. The average Bonchev–Trinajstić information content (AvgIpc) is 2.27. The van der Waals surface area contributed by atoms with Crippen LogP contribution in [0.4, 0.5) is 5.69 Å². The summed E-state index contributed by atoms with van der Waals surface area (Å²) in [6.07, 6.45) is 5.16. The molecule has 1 aromatic rings. The highest BCUT2D eigenvalue weighted by atomic mass is 79.9. The van der Waals surface area contributed by atoms with Gasteiger partial charge in [0, 0.05) is 20.7 Å². The third-order valence-corrected chi connectivity index (χ3v) is 6.61. The van der Waals surface area contributed by atoms with Crippen molar-refractivity contribution in [1.29, 1.82) is 0 Å². The van der Waals surface area contributed by atoms with Crippen LogP contribution in [0.15, 0.2) is 26.0 Å². The number of hydrogen-bond acceptors (Lipinski definition) is 3. The van der Waals surface area contributed by atoms with Crippen LogP contribution >= 0.6 is 31.9 Å². The van der Waals surface area contributed by atoms with E-state index in [0.29, 0.717) is 14.6 Å². The topological polar surface area (TPSA) is 72.2 Å². The minimum absolute atomic E-state index is 0.0371. The van der Waals surface area contributed by atoms with E-state index in [1.54, 1.807) is 12.1 Å². The number of rotatable bonds is 3. The Kier molecular flexibility index (Phi) is 4.92. The molecule has 0 amide bonds. The number of nitrogens with two attached hydrogens (primary N) is 1. The molecule has 0 spiro atoms. The highest BCUT2D eigenvalue weighted by Crippen LogP contribution is 2.33. The first-order valence-corrected chi connectivity index (χ1v) is 9.24. The number of benzene rings is 1. The predicted octanol–water partition coefficient (Wildman–Crippen LogP) is 3.40. The van der Waals surface area contributed by atoms with E-state index in [4.69, 9.17) is 5.73 Å². The second-order valence-electron chi connectivity index (χ2n) is 4.77. The SMILES string of the molecule is Nc1cc(Br)c(S(=O)(=O)NC2CCCCC2)c(Br)c1. The zero-order chi connectivity index (χ0) is 14.0. The van der Waals surface area contributed by atoms with Gasteiger partial charge in [0.05, 0.1) is 0 Å². The van der Waals surface area contributed by atoms with Gasteiger partial charge in [-0.25, -0.2) is 13.1 Å². The van der Waals surface area contributed by atoms with Gasteiger partial charge in [0.2, 0.25) is 10.0 Å². The summed E-state index contributed by atoms with van der Waals surface area (Å²) in [5, 5.41) is 0. The smallest absolute Gasteiger partial charge is 0.243 e. The number of sulfonamides is 1. The molecule has 0 unspecified atom stereocenters. The maximum Gasteiger partial charge on any atom is 0.243 e. The molecule has 0 radical (unpaired) electrons. The van der Waals surface area contributed by atoms with Crippen LogP contribution in [0.5, 0.6) is 0 Å². The Labute approximate surface area is 130 Å². The van der Waals surface area contributed by atoms with Crippen molar-refractivity contribution in [3.8, 4) is 0 Å². The zero-order valence-corrected chi connectivity index (χ0v) is 14.3. The van der Waals surface area contributed by atoms with E-state index >= 15 is 0 Å². The summed E-state index contributed by atoms with van der Waals surface area (Å²) >= 11 is 6.54. The second-order valence-corrected chi connectivity index (χ2v) is 8.13. The molecule has 0 aromatic heterocycles. The quantitative estimate of drug-likeness (QED) is 0.748. The van der Waals surface area contributed by atoms with Crippen LogP contribution in [0.25, 0.3) is 0 Å². The zero-order valence-electron chi connectivity index (χ0n) is 10.3. The van der Waals surface area contributed by atoms with Crippen LogP contribution in [0.3, 0.4) is 0 Å². The predicted molar refractivity (Wildman–Crippen MR) is 83.4 cm³/mol. The van der Waals surface area contributed by atoms with Gasteiger partial charge in [-0.2, -0.15) is 0 Å². The summed E-state index contributed by atoms with van der Waals surface area (Å²) in [6.45, 7) is 0. The molecular weight excluding hydrogens is 396 g/mol. The Balaban J connectivity index is 2.29. The normalized spacial score (nSPS) is 17.6. The van der Waals surface area contributed by atoms with Gasteiger partial charge in [-0.15, -0.1) is 0 Å². The molecular formula is C12H16Br2N2O2S. The van der Waals surface area contributed by atoms with Crippen LogP contribution in [-0.2, 0) is 10.0 Å². The van der Waals surface area contributed by atoms with E-state index in [9.17, 15) is 8.42 Å². The molecule has 1 saturated carbocycles. The Morgan fingerprint density at radius 2 is 1.63 bits per heavy atom. The summed E-state index contributed by atoms with van der Waals surface area (Å²) in [5.74, 6) is 0. The van der Waals surface area contributed by atoms with Crippen LogP contribution in [0.2, 0.25) is 0 Å². The molecule has 3 N–H and O–H groups in total. The van der Waals surface area contributed by atoms with Gasteiger partial charge in [0.1, 0.15) is 4.90 Å². The fourth-order valence-corrected chi connectivity index (χ4v) is 6.26. The van der Waals surface area contributed by atoms with E-state index in [1.807, 2.05) is 0 Å². The summed E-state index contributed by atoms with van der Waals surface area (Å²) in [4.78, 5) is 0.215. The Morgan fingerprint density at radius 1 is 1.11 bits per heavy atom. The molecule has 7 heteroatoms. The summed E-state index contributed by atoms with van der Waals surface area (Å²) in [7, 11) is -3.54. The molecule has 1 aliphatic rings. The molecule has 1 fully saturated rings. The van der Waals surface area contributed by atoms with Crippen molar-refractivity contribution in [3.63, 3.8) is 0 Å². The number of halogens is 2. The molecule has 0 aliphatic heterocycles. The summed E-state index contributed by atoms with van der Waals surface area (Å²) < 4.78 is 28.6. The van der Waals surface area contributed by atoms with Crippen LogP contribution in [-0.4, -0.2) is 14.5 Å². The lowest BCUT2D eigenvalue weighted by Crippen LogP contribution is -2.36. The molecule has 0 heterocycles. The van der Waals surface area contributed by atoms with Crippen LogP contribution in [0, 0.1) is 0 Å². The molecule has 0 saturated heterocycles. The first-order valence-electron chi connectivity index (χ1n) is 6.17. The Bertz CT molecular complexity index is 546. The standard InChI is InChI=1S/C12H16Br2N2O2S/c13-10-6-8(15)7-11(14)12(10)19(17,18)16-9-4-2-1-3-5-9/h6-7,9,16H,1-5,15H2. The highest BCUT2D eigenvalue weighted by molar-refractivity contribution is 9.11. The van der Waals surface area contributed by atoms with Crippen LogP contribution < -0.4 is 10.5 Å². The number of nitrogen functional groups attached to an aromatic ring is 1. The molecule has 4 nitrogen and oxygen atoms in total. The Morgan fingerprint density at radius 3 is 2.16 bits per heavy atom. The number of hydrogen-bond donors (Lipinski definition) is 2. The fourth-order valence-electron chi connectivity index (χ4n) is 2.33. The van der Waals surface area contributed by atoms with E-state index in [2.05, 4.69) is 36.6 Å². The minimum Gasteiger partial charge on any atom is -0.399 e. The van der Waals surface area contributed by atoms with Crippen molar-refractivity contribution in [2.75, 3.05) is 5.73 Å². The van der Waals surface area contributed by atoms with Crippen molar-refractivity contribution in [1.82, 2.24) is 4.72 Å². The molecule has 0 atom stereocenters. The molecule has 19 heavy (non-hydrogen) atoms. The Hall–Kier alpha value is -0.110. The van der Waals surface area contributed by atoms with E-state index in [-0.39, 0.29) is 10.9 Å². The highest BCUT2D eigenvalue weighted by Gasteiger charge is 2.26. The van der Waals surface area contributed by atoms with Gasteiger partial charge >= 0.3 is 0 Å². The second kappa shape index (κ2) is 6.11. The maximum absolute atomic E-state index is 12.4. The molecule has 1 aliphatic carbocycles. The van der Waals surface area contributed by atoms with Gasteiger partial charge in [-0.3, -0.25) is 0 Å². The molecule has 0 bridgehead atoms. The third kappa shape index (κ3) is 3.71. The van der Waals surface area contributed by atoms with Crippen molar-refractivity contribution in [3.05, 3.63) is 21.1 Å². The van der Waals surface area contributed by atoms with Crippen molar-refractivity contribution in [2.24, 2.45) is 0 Å². The van der Waals surface area contributed by atoms with Crippen molar-refractivity contribution >= 4 is 47.6 Å². The fraction of sp³-hybridized carbons (Fsp3) is 0.500. The average molecular weight is 412 g/mol. The minimum atomic E-state index is -3.54. The molecule has 106 valence electrons. The first kappa shape index (κ1) is 15.3. The summed E-state index contributed by atoms with van der Waals surface area (Å²) in [5.41, 5.74) is 6.19. The lowest BCUT2D eigenvalue weighted by molar-refractivity contribution is 0.412. The maximum atomic E-state index is 12.4. The third-order valence-electron chi connectivity index (χ3n) is 3.22. The van der Waals surface area contributed by atoms with E-state index in [1.165, 1.54) is 6.42 Å². The summed E-state index contributed by atoms with van der Waals surface area (Å²) in [6, 6.07) is 3.23.